The summed E-state index contributed by atoms with van der Waals surface area (Å²) in [5, 5.41) is 14.7. The number of hydrogen-bond acceptors (Lipinski definition) is 4. The van der Waals surface area contributed by atoms with Gasteiger partial charge in [0, 0.05) is 5.92 Å². The molecule has 5 nitrogen and oxygen atoms in total. The molecule has 0 bridgehead atoms. The summed E-state index contributed by atoms with van der Waals surface area (Å²) in [5.74, 6) is 2.73. The van der Waals surface area contributed by atoms with E-state index in [1.54, 1.807) is 20.1 Å². The maximum Gasteiger partial charge on any atom is 0.217 e. The molecule has 0 saturated heterocycles. The molecule has 1 aliphatic carbocycles. The Kier molecular flexibility index (Phi) is 3.85. The van der Waals surface area contributed by atoms with E-state index in [9.17, 15) is 5.11 Å². The Hall–Kier alpha value is -1.62. The molecule has 0 aromatic carbocycles. The second-order valence-corrected chi connectivity index (χ2v) is 6.58. The molecule has 0 unspecified atom stereocenters. The van der Waals surface area contributed by atoms with Gasteiger partial charge < -0.3 is 9.52 Å². The maximum atomic E-state index is 10.1. The number of hydrogen-bond donors (Lipinski definition) is 1. The molecule has 1 N–H and O–H groups in total. The van der Waals surface area contributed by atoms with Crippen LogP contribution in [-0.4, -0.2) is 25.5 Å². The highest BCUT2D eigenvalue weighted by Gasteiger charge is 2.26. The highest BCUT2D eigenvalue weighted by molar-refractivity contribution is 5.45. The predicted molar refractivity (Wildman–Crippen MR) is 79.8 cm³/mol. The fraction of sp³-hybridized carbons (Fsp3) is 0.625. The number of rotatable bonds is 4. The highest BCUT2D eigenvalue weighted by atomic mass is 16.3. The summed E-state index contributed by atoms with van der Waals surface area (Å²) < 4.78 is 7.27. The van der Waals surface area contributed by atoms with Crippen molar-refractivity contribution in [2.45, 2.75) is 64.0 Å². The average Bonchev–Trinajstić information content (AvgIpc) is 3.06. The number of aromatic nitrogens is 3. The van der Waals surface area contributed by atoms with Gasteiger partial charge in [0.1, 0.15) is 5.82 Å². The van der Waals surface area contributed by atoms with Gasteiger partial charge in [0.05, 0.1) is 18.4 Å². The zero-order valence-electron chi connectivity index (χ0n) is 12.7. The van der Waals surface area contributed by atoms with Gasteiger partial charge in [-0.3, -0.25) is 0 Å². The Labute approximate surface area is 125 Å². The fourth-order valence-corrected chi connectivity index (χ4v) is 3.01. The molecular formula is C16H23N3O2. The molecule has 0 spiro atoms. The van der Waals surface area contributed by atoms with Crippen molar-refractivity contribution < 1.29 is 9.52 Å². The lowest BCUT2D eigenvalue weighted by atomic mass is 9.88. The molecule has 0 atom stereocenters. The molecular weight excluding hydrogens is 266 g/mol. The number of furan rings is 1. The molecule has 3 rings (SSSR count). The van der Waals surface area contributed by atoms with Gasteiger partial charge in [-0.25, -0.2) is 9.67 Å². The number of aliphatic hydroxyl groups is 1. The summed E-state index contributed by atoms with van der Waals surface area (Å²) in [4.78, 5) is 4.71. The Morgan fingerprint density at radius 1 is 1.33 bits per heavy atom. The second kappa shape index (κ2) is 5.64. The molecule has 2 aromatic rings. The smallest absolute Gasteiger partial charge is 0.217 e. The van der Waals surface area contributed by atoms with Gasteiger partial charge in [-0.2, -0.15) is 0 Å². The topological polar surface area (TPSA) is 64.1 Å². The van der Waals surface area contributed by atoms with Crippen molar-refractivity contribution in [2.75, 3.05) is 0 Å². The normalized spacial score (nSPS) is 17.3. The minimum Gasteiger partial charge on any atom is -0.461 e. The Bertz CT molecular complexity index is 575. The van der Waals surface area contributed by atoms with Crippen molar-refractivity contribution in [2.24, 2.45) is 0 Å². The predicted octanol–water partition coefficient (Wildman–Crippen LogP) is 3.36. The molecule has 2 aromatic heterocycles. The molecule has 0 aliphatic heterocycles. The standard InChI is InChI=1S/C16H23N3O2/c1-16(2,20)11-19-15(12-7-4-3-5-8-12)17-14(18-19)13-9-6-10-21-13/h6,9-10,12,20H,3-5,7-8,11H2,1-2H3. The van der Waals surface area contributed by atoms with Gasteiger partial charge in [0.25, 0.3) is 0 Å². The Morgan fingerprint density at radius 3 is 2.71 bits per heavy atom. The molecule has 2 heterocycles. The first-order valence-electron chi connectivity index (χ1n) is 7.74. The molecule has 21 heavy (non-hydrogen) atoms. The van der Waals surface area contributed by atoms with E-state index < -0.39 is 5.60 Å². The first kappa shape index (κ1) is 14.3. The monoisotopic (exact) mass is 289 g/mol. The number of nitrogens with zero attached hydrogens (tertiary/aromatic N) is 3. The van der Waals surface area contributed by atoms with E-state index in [0.29, 0.717) is 24.0 Å². The van der Waals surface area contributed by atoms with Gasteiger partial charge in [-0.05, 0) is 38.8 Å². The summed E-state index contributed by atoms with van der Waals surface area (Å²) in [6.45, 7) is 4.05. The molecule has 0 radical (unpaired) electrons. The van der Waals surface area contributed by atoms with Gasteiger partial charge >= 0.3 is 0 Å². The minimum absolute atomic E-state index is 0.442. The minimum atomic E-state index is -0.808. The van der Waals surface area contributed by atoms with Gasteiger partial charge in [0.15, 0.2) is 5.76 Å². The van der Waals surface area contributed by atoms with Crippen molar-refractivity contribution in [1.29, 1.82) is 0 Å². The molecule has 1 fully saturated rings. The van der Waals surface area contributed by atoms with Crippen LogP contribution < -0.4 is 0 Å². The third-order valence-corrected chi connectivity index (χ3v) is 3.95. The van der Waals surface area contributed by atoms with Crippen LogP contribution in [0.25, 0.3) is 11.6 Å². The van der Waals surface area contributed by atoms with Crippen molar-refractivity contribution in [3.05, 3.63) is 24.2 Å². The van der Waals surface area contributed by atoms with E-state index >= 15 is 0 Å². The zero-order chi connectivity index (χ0) is 14.9. The van der Waals surface area contributed by atoms with Crippen molar-refractivity contribution in [1.82, 2.24) is 14.8 Å². The summed E-state index contributed by atoms with van der Waals surface area (Å²) in [5.41, 5.74) is -0.808. The molecule has 5 heteroatoms. The summed E-state index contributed by atoms with van der Waals surface area (Å²) in [6.07, 6.45) is 7.74. The van der Waals surface area contributed by atoms with Gasteiger partial charge in [0.2, 0.25) is 5.82 Å². The SMILES string of the molecule is CC(C)(O)Cn1nc(-c2ccco2)nc1C1CCCCC1. The quantitative estimate of drug-likeness (QED) is 0.937. The van der Waals surface area contributed by atoms with Crippen molar-refractivity contribution in [3.63, 3.8) is 0 Å². The van der Waals surface area contributed by atoms with E-state index in [0.717, 1.165) is 18.7 Å². The summed E-state index contributed by atoms with van der Waals surface area (Å²) in [6, 6.07) is 3.71. The van der Waals surface area contributed by atoms with Crippen molar-refractivity contribution in [3.8, 4) is 11.6 Å². The third kappa shape index (κ3) is 3.35. The average molecular weight is 289 g/mol. The lowest BCUT2D eigenvalue weighted by Gasteiger charge is -2.23. The van der Waals surface area contributed by atoms with E-state index in [-0.39, 0.29) is 0 Å². The van der Waals surface area contributed by atoms with Crippen LogP contribution in [0.4, 0.5) is 0 Å². The van der Waals surface area contributed by atoms with Crippen LogP contribution in [-0.2, 0) is 6.54 Å². The fourth-order valence-electron chi connectivity index (χ4n) is 3.01. The second-order valence-electron chi connectivity index (χ2n) is 6.58. The Morgan fingerprint density at radius 2 is 2.10 bits per heavy atom. The summed E-state index contributed by atoms with van der Waals surface area (Å²) in [7, 11) is 0. The van der Waals surface area contributed by atoms with E-state index in [1.807, 2.05) is 16.8 Å². The van der Waals surface area contributed by atoms with Crippen LogP contribution in [0.15, 0.2) is 22.8 Å². The largest absolute Gasteiger partial charge is 0.461 e. The van der Waals surface area contributed by atoms with E-state index in [2.05, 4.69) is 5.10 Å². The molecule has 0 amide bonds. The first-order chi connectivity index (χ1) is 10.0. The maximum absolute atomic E-state index is 10.1. The van der Waals surface area contributed by atoms with Crippen LogP contribution in [0.5, 0.6) is 0 Å². The van der Waals surface area contributed by atoms with E-state index in [1.165, 1.54) is 19.3 Å². The van der Waals surface area contributed by atoms with Gasteiger partial charge in [-0.15, -0.1) is 5.10 Å². The van der Waals surface area contributed by atoms with Crippen molar-refractivity contribution >= 4 is 0 Å². The first-order valence-corrected chi connectivity index (χ1v) is 7.74. The lowest BCUT2D eigenvalue weighted by Crippen LogP contribution is -2.28. The van der Waals surface area contributed by atoms with Crippen LogP contribution in [0.1, 0.15) is 57.7 Å². The molecule has 1 aliphatic rings. The lowest BCUT2D eigenvalue weighted by molar-refractivity contribution is 0.0560. The third-order valence-electron chi connectivity index (χ3n) is 3.95. The van der Waals surface area contributed by atoms with Crippen LogP contribution in [0.2, 0.25) is 0 Å². The van der Waals surface area contributed by atoms with Crippen LogP contribution in [0, 0.1) is 0 Å². The Balaban J connectivity index is 1.95. The molecule has 1 saturated carbocycles. The highest BCUT2D eigenvalue weighted by Crippen LogP contribution is 2.33. The van der Waals surface area contributed by atoms with Crippen LogP contribution in [0.3, 0.4) is 0 Å². The van der Waals surface area contributed by atoms with E-state index in [4.69, 9.17) is 9.40 Å². The zero-order valence-corrected chi connectivity index (χ0v) is 12.7. The molecule has 114 valence electrons. The van der Waals surface area contributed by atoms with Crippen LogP contribution >= 0.6 is 0 Å². The van der Waals surface area contributed by atoms with Gasteiger partial charge in [-0.1, -0.05) is 19.3 Å². The summed E-state index contributed by atoms with van der Waals surface area (Å²) >= 11 is 0.